The molecular weight excluding hydrogens is 284 g/mol. The molecule has 0 aliphatic rings. The van der Waals surface area contributed by atoms with Crippen molar-refractivity contribution < 1.29 is 4.74 Å². The minimum atomic E-state index is 0.286. The summed E-state index contributed by atoms with van der Waals surface area (Å²) < 4.78 is 10.1. The van der Waals surface area contributed by atoms with Gasteiger partial charge in [0.25, 0.3) is 0 Å². The number of aromatic nitrogens is 5. The molecule has 2 aromatic rings. The van der Waals surface area contributed by atoms with Gasteiger partial charge in [0.2, 0.25) is 11.1 Å². The summed E-state index contributed by atoms with van der Waals surface area (Å²) in [6.45, 7) is 4.73. The van der Waals surface area contributed by atoms with Crippen molar-refractivity contribution in [2.75, 3.05) is 19.0 Å². The molecule has 1 N–H and O–H groups in total. The molecule has 2 heterocycles. The van der Waals surface area contributed by atoms with E-state index in [1.807, 2.05) is 13.8 Å². The van der Waals surface area contributed by atoms with Crippen LogP contribution in [0.1, 0.15) is 19.7 Å². The normalized spacial score (nSPS) is 10.5. The lowest BCUT2D eigenvalue weighted by molar-refractivity contribution is 0.373. The van der Waals surface area contributed by atoms with Crippen LogP contribution in [0.15, 0.2) is 9.50 Å². The molecule has 0 bridgehead atoms. The van der Waals surface area contributed by atoms with Crippen LogP contribution >= 0.6 is 23.3 Å². The number of methoxy groups -OCH3 is 1. The number of aryl methyl sites for hydroxylation is 1. The molecule has 0 radical (unpaired) electrons. The predicted molar refractivity (Wildman–Crippen MR) is 74.0 cm³/mol. The van der Waals surface area contributed by atoms with Crippen LogP contribution in [0.4, 0.5) is 5.95 Å². The average Bonchev–Trinajstić information content (AvgIpc) is 2.86. The molecule has 102 valence electrons. The molecule has 0 amide bonds. The van der Waals surface area contributed by atoms with Gasteiger partial charge in [0.1, 0.15) is 5.82 Å². The van der Waals surface area contributed by atoms with E-state index in [2.05, 4.69) is 29.6 Å². The quantitative estimate of drug-likeness (QED) is 0.865. The Morgan fingerprint density at radius 3 is 2.68 bits per heavy atom. The van der Waals surface area contributed by atoms with Crippen molar-refractivity contribution in [2.45, 2.75) is 29.8 Å². The summed E-state index contributed by atoms with van der Waals surface area (Å²) in [6, 6.07) is 0.286. The second-order valence-corrected chi connectivity index (χ2v) is 5.36. The Labute approximate surface area is 119 Å². The Bertz CT molecular complexity index is 547. The Balaban J connectivity index is 2.20. The summed E-state index contributed by atoms with van der Waals surface area (Å²) in [4.78, 5) is 16.9. The first-order chi connectivity index (χ1) is 9.25. The van der Waals surface area contributed by atoms with E-state index in [0.717, 1.165) is 23.1 Å². The van der Waals surface area contributed by atoms with Crippen molar-refractivity contribution in [2.24, 2.45) is 0 Å². The van der Waals surface area contributed by atoms with Gasteiger partial charge < -0.3 is 10.1 Å². The summed E-state index contributed by atoms with van der Waals surface area (Å²) in [5, 5.41) is 3.58. The first-order valence-electron chi connectivity index (χ1n) is 5.79. The molecule has 0 atom stereocenters. The summed E-state index contributed by atoms with van der Waals surface area (Å²) >= 11 is 2.70. The lowest BCUT2D eigenvalue weighted by Crippen LogP contribution is -2.05. The summed E-state index contributed by atoms with van der Waals surface area (Å²) in [5.41, 5.74) is 0. The Morgan fingerprint density at radius 2 is 2.05 bits per heavy atom. The molecule has 0 spiro atoms. The predicted octanol–water partition coefficient (Wildman–Crippen LogP) is 1.88. The highest BCUT2D eigenvalue weighted by molar-refractivity contribution is 8.00. The van der Waals surface area contributed by atoms with Crippen LogP contribution < -0.4 is 10.1 Å². The summed E-state index contributed by atoms with van der Waals surface area (Å²) in [7, 11) is 1.53. The van der Waals surface area contributed by atoms with Gasteiger partial charge in [0.05, 0.1) is 7.11 Å². The molecule has 0 saturated heterocycles. The molecule has 2 rings (SSSR count). The van der Waals surface area contributed by atoms with E-state index in [0.29, 0.717) is 11.1 Å². The third-order valence-electron chi connectivity index (χ3n) is 2.06. The van der Waals surface area contributed by atoms with Gasteiger partial charge in [0, 0.05) is 13.0 Å². The van der Waals surface area contributed by atoms with Crippen LogP contribution in [-0.4, -0.2) is 38.0 Å². The summed E-state index contributed by atoms with van der Waals surface area (Å²) in [5.74, 6) is 1.33. The number of nitrogens with zero attached hydrogens (tertiary/aromatic N) is 5. The second kappa shape index (κ2) is 6.62. The molecule has 0 aromatic carbocycles. The maximum atomic E-state index is 5.06. The van der Waals surface area contributed by atoms with Crippen molar-refractivity contribution in [1.82, 2.24) is 24.3 Å². The maximum absolute atomic E-state index is 5.06. The van der Waals surface area contributed by atoms with Crippen molar-refractivity contribution in [1.29, 1.82) is 0 Å². The van der Waals surface area contributed by atoms with E-state index in [4.69, 9.17) is 4.74 Å². The topological polar surface area (TPSA) is 85.7 Å². The van der Waals surface area contributed by atoms with Gasteiger partial charge in [-0.05, 0) is 30.2 Å². The highest BCUT2D eigenvalue weighted by Gasteiger charge is 2.11. The van der Waals surface area contributed by atoms with Gasteiger partial charge in [-0.2, -0.15) is 19.3 Å². The molecule has 0 aliphatic heterocycles. The number of ether oxygens (including phenoxy) is 1. The molecule has 0 aliphatic carbocycles. The van der Waals surface area contributed by atoms with Crippen LogP contribution in [-0.2, 0) is 6.42 Å². The molecule has 19 heavy (non-hydrogen) atoms. The number of rotatable bonds is 6. The maximum Gasteiger partial charge on any atom is 0.321 e. The van der Waals surface area contributed by atoms with E-state index in [1.54, 1.807) is 0 Å². The minimum Gasteiger partial charge on any atom is -0.467 e. The molecule has 0 saturated carbocycles. The number of hydrogen-bond donors (Lipinski definition) is 1. The van der Waals surface area contributed by atoms with Gasteiger partial charge >= 0.3 is 6.01 Å². The van der Waals surface area contributed by atoms with Crippen LogP contribution in [0.3, 0.4) is 0 Å². The molecule has 9 heteroatoms. The Hall–Kier alpha value is -1.48. The highest BCUT2D eigenvalue weighted by atomic mass is 32.2. The lowest BCUT2D eigenvalue weighted by atomic mass is 10.5. The SMILES string of the molecule is CCNc1nc(OC)nc(Sc2nc(CC)ns2)n1. The zero-order valence-electron chi connectivity index (χ0n) is 10.9. The van der Waals surface area contributed by atoms with E-state index in [1.165, 1.54) is 30.4 Å². The van der Waals surface area contributed by atoms with E-state index < -0.39 is 0 Å². The van der Waals surface area contributed by atoms with Gasteiger partial charge in [-0.15, -0.1) is 0 Å². The average molecular weight is 298 g/mol. The fourth-order valence-electron chi connectivity index (χ4n) is 1.21. The van der Waals surface area contributed by atoms with Crippen LogP contribution in [0.2, 0.25) is 0 Å². The van der Waals surface area contributed by atoms with Gasteiger partial charge in [-0.1, -0.05) is 6.92 Å². The van der Waals surface area contributed by atoms with Crippen molar-refractivity contribution in [3.8, 4) is 6.01 Å². The second-order valence-electron chi connectivity index (χ2n) is 3.39. The molecule has 2 aromatic heterocycles. The van der Waals surface area contributed by atoms with Crippen molar-refractivity contribution in [3.63, 3.8) is 0 Å². The standard InChI is InChI=1S/C10H14N6OS2/c1-4-6-12-10(19-16-6)18-9-14-7(11-5-2)13-8(15-9)17-3/h4-5H2,1-3H3,(H,11,13,14,15). The van der Waals surface area contributed by atoms with Gasteiger partial charge in [-0.25, -0.2) is 4.98 Å². The molecule has 7 nitrogen and oxygen atoms in total. The molecule has 0 fully saturated rings. The largest absolute Gasteiger partial charge is 0.467 e. The fraction of sp³-hybridized carbons (Fsp3) is 0.500. The first kappa shape index (κ1) is 13.9. The third kappa shape index (κ3) is 3.74. The van der Waals surface area contributed by atoms with Crippen LogP contribution in [0, 0.1) is 0 Å². The number of anilines is 1. The third-order valence-corrected chi connectivity index (χ3v) is 3.71. The first-order valence-corrected chi connectivity index (χ1v) is 7.38. The van der Waals surface area contributed by atoms with E-state index >= 15 is 0 Å². The number of hydrogen-bond acceptors (Lipinski definition) is 9. The fourth-order valence-corrected chi connectivity index (χ4v) is 2.76. The number of nitrogens with one attached hydrogen (secondary N) is 1. The lowest BCUT2D eigenvalue weighted by Gasteiger charge is -2.04. The zero-order valence-corrected chi connectivity index (χ0v) is 12.5. The smallest absolute Gasteiger partial charge is 0.321 e. The van der Waals surface area contributed by atoms with Crippen LogP contribution in [0.25, 0.3) is 0 Å². The van der Waals surface area contributed by atoms with Gasteiger partial charge in [-0.3, -0.25) is 0 Å². The highest BCUT2D eigenvalue weighted by Crippen LogP contribution is 2.27. The van der Waals surface area contributed by atoms with E-state index in [-0.39, 0.29) is 6.01 Å². The Kier molecular flexibility index (Phi) is 4.86. The molecule has 0 unspecified atom stereocenters. The zero-order chi connectivity index (χ0) is 13.7. The summed E-state index contributed by atoms with van der Waals surface area (Å²) in [6.07, 6.45) is 0.820. The van der Waals surface area contributed by atoms with Crippen molar-refractivity contribution in [3.05, 3.63) is 5.82 Å². The minimum absolute atomic E-state index is 0.286. The Morgan fingerprint density at radius 1 is 1.21 bits per heavy atom. The molecular formula is C10H14N6OS2. The van der Waals surface area contributed by atoms with Gasteiger partial charge in [0.15, 0.2) is 4.34 Å². The van der Waals surface area contributed by atoms with E-state index in [9.17, 15) is 0 Å². The van der Waals surface area contributed by atoms with Crippen LogP contribution in [0.5, 0.6) is 6.01 Å². The monoisotopic (exact) mass is 298 g/mol. The van der Waals surface area contributed by atoms with Crippen molar-refractivity contribution >= 4 is 29.2 Å².